The monoisotopic (exact) mass is 359 g/mol. The van der Waals surface area contributed by atoms with E-state index in [0.717, 1.165) is 24.9 Å². The fourth-order valence-electron chi connectivity index (χ4n) is 2.63. The van der Waals surface area contributed by atoms with Gasteiger partial charge in [0.05, 0.1) is 6.54 Å². The summed E-state index contributed by atoms with van der Waals surface area (Å²) in [7, 11) is 1.79. The molecule has 1 heterocycles. The Labute approximate surface area is 155 Å². The van der Waals surface area contributed by atoms with Crippen molar-refractivity contribution in [2.45, 2.75) is 45.3 Å². The molecule has 5 nitrogen and oxygen atoms in total. The largest absolute Gasteiger partial charge is 0.352 e. The van der Waals surface area contributed by atoms with Crippen molar-refractivity contribution in [1.29, 1.82) is 0 Å². The highest BCUT2D eigenvalue weighted by molar-refractivity contribution is 7.98. The third-order valence-corrected chi connectivity index (χ3v) is 4.71. The fraction of sp³-hybridized carbons (Fsp3) is 0.474. The molecule has 0 spiro atoms. The van der Waals surface area contributed by atoms with Gasteiger partial charge in [0.25, 0.3) is 0 Å². The minimum atomic E-state index is 0.594. The van der Waals surface area contributed by atoms with Crippen LogP contribution in [0.1, 0.15) is 30.8 Å². The maximum Gasteiger partial charge on any atom is 0.191 e. The van der Waals surface area contributed by atoms with Crippen LogP contribution < -0.4 is 10.6 Å². The first-order valence-corrected chi connectivity index (χ1v) is 9.84. The third kappa shape index (κ3) is 5.81. The zero-order valence-corrected chi connectivity index (χ0v) is 16.7. The van der Waals surface area contributed by atoms with Crippen molar-refractivity contribution in [3.8, 4) is 0 Å². The summed E-state index contributed by atoms with van der Waals surface area (Å²) in [6, 6.07) is 6.55. The number of benzene rings is 1. The number of aromatic nitrogens is 2. The van der Waals surface area contributed by atoms with Crippen molar-refractivity contribution in [2.24, 2.45) is 10.9 Å². The lowest BCUT2D eigenvalue weighted by Gasteiger charge is -2.15. The van der Waals surface area contributed by atoms with E-state index in [1.54, 1.807) is 18.8 Å². The molecular formula is C19H29N5S. The van der Waals surface area contributed by atoms with Gasteiger partial charge in [0.15, 0.2) is 5.96 Å². The molecular weight excluding hydrogens is 330 g/mol. The summed E-state index contributed by atoms with van der Waals surface area (Å²) in [4.78, 5) is 10.1. The number of thioether (sulfide) groups is 1. The second-order valence-corrected chi connectivity index (χ2v) is 7.33. The molecule has 0 atom stereocenters. The number of aryl methyl sites for hydroxylation is 1. The van der Waals surface area contributed by atoms with Crippen LogP contribution in [0.25, 0.3) is 0 Å². The Bertz CT molecular complexity index is 706. The predicted molar refractivity (Wildman–Crippen MR) is 107 cm³/mol. The van der Waals surface area contributed by atoms with E-state index in [4.69, 9.17) is 0 Å². The van der Waals surface area contributed by atoms with Gasteiger partial charge in [0, 0.05) is 37.4 Å². The smallest absolute Gasteiger partial charge is 0.191 e. The molecule has 1 aromatic carbocycles. The molecule has 0 saturated carbocycles. The van der Waals surface area contributed by atoms with Crippen molar-refractivity contribution in [2.75, 3.05) is 13.3 Å². The topological polar surface area (TPSA) is 54.2 Å². The average Bonchev–Trinajstić information content (AvgIpc) is 3.02. The molecule has 0 fully saturated rings. The van der Waals surface area contributed by atoms with Gasteiger partial charge in [0.2, 0.25) is 0 Å². The van der Waals surface area contributed by atoms with Crippen molar-refractivity contribution >= 4 is 17.7 Å². The van der Waals surface area contributed by atoms with Crippen LogP contribution in [-0.4, -0.2) is 28.8 Å². The van der Waals surface area contributed by atoms with Gasteiger partial charge in [0.1, 0.15) is 5.82 Å². The van der Waals surface area contributed by atoms with Crippen molar-refractivity contribution in [3.05, 3.63) is 47.5 Å². The average molecular weight is 360 g/mol. The minimum Gasteiger partial charge on any atom is -0.352 e. The Morgan fingerprint density at radius 2 is 2.04 bits per heavy atom. The molecule has 0 radical (unpaired) electrons. The molecule has 2 aromatic rings. The second kappa shape index (κ2) is 9.51. The van der Waals surface area contributed by atoms with E-state index in [-0.39, 0.29) is 0 Å². The Kier molecular flexibility index (Phi) is 7.37. The highest BCUT2D eigenvalue weighted by atomic mass is 32.2. The van der Waals surface area contributed by atoms with Crippen molar-refractivity contribution in [3.63, 3.8) is 0 Å². The van der Waals surface area contributed by atoms with E-state index < -0.39 is 0 Å². The molecule has 0 saturated heterocycles. The van der Waals surface area contributed by atoms with Gasteiger partial charge in [-0.25, -0.2) is 4.98 Å². The van der Waals surface area contributed by atoms with E-state index in [0.29, 0.717) is 12.5 Å². The zero-order valence-electron chi connectivity index (χ0n) is 15.8. The number of imidazole rings is 1. The molecule has 2 rings (SSSR count). The number of guanidine groups is 1. The standard InChI is InChI=1S/C19H29N5S/c1-14(2)13-24-9-8-21-18(24)12-23-19(20-4)22-11-16-7-6-15(3)10-17(16)25-5/h6-10,14H,11-13H2,1-5H3,(H2,20,22,23). The van der Waals surface area contributed by atoms with Crippen LogP contribution in [0.5, 0.6) is 0 Å². The lowest BCUT2D eigenvalue weighted by Crippen LogP contribution is -2.37. The minimum absolute atomic E-state index is 0.594. The van der Waals surface area contributed by atoms with Crippen LogP contribution in [0.2, 0.25) is 0 Å². The molecule has 0 aliphatic heterocycles. The third-order valence-electron chi connectivity index (χ3n) is 3.89. The van der Waals surface area contributed by atoms with Crippen molar-refractivity contribution < 1.29 is 0 Å². The lowest BCUT2D eigenvalue weighted by atomic mass is 10.1. The summed E-state index contributed by atoms with van der Waals surface area (Å²) in [6.45, 7) is 8.92. The highest BCUT2D eigenvalue weighted by Crippen LogP contribution is 2.21. The molecule has 1 aromatic heterocycles. The van der Waals surface area contributed by atoms with Crippen LogP contribution in [0.15, 0.2) is 40.5 Å². The van der Waals surface area contributed by atoms with Crippen LogP contribution in [0.4, 0.5) is 0 Å². The normalized spacial score (nSPS) is 11.8. The molecule has 0 aliphatic carbocycles. The van der Waals surface area contributed by atoms with Crippen LogP contribution in [0, 0.1) is 12.8 Å². The first-order chi connectivity index (χ1) is 12.0. The summed E-state index contributed by atoms with van der Waals surface area (Å²) in [5, 5.41) is 6.74. The molecule has 6 heteroatoms. The zero-order chi connectivity index (χ0) is 18.2. The number of aliphatic imine (C=N–C) groups is 1. The molecule has 0 amide bonds. The number of hydrogen-bond donors (Lipinski definition) is 2. The molecule has 0 unspecified atom stereocenters. The first-order valence-electron chi connectivity index (χ1n) is 8.61. The van der Waals surface area contributed by atoms with Gasteiger partial charge in [-0.3, -0.25) is 4.99 Å². The Morgan fingerprint density at radius 1 is 1.28 bits per heavy atom. The second-order valence-electron chi connectivity index (χ2n) is 6.48. The maximum absolute atomic E-state index is 4.45. The van der Waals surface area contributed by atoms with Crippen LogP contribution in [0.3, 0.4) is 0 Å². The molecule has 2 N–H and O–H groups in total. The van der Waals surface area contributed by atoms with E-state index in [1.807, 2.05) is 12.4 Å². The van der Waals surface area contributed by atoms with Gasteiger partial charge >= 0.3 is 0 Å². The quantitative estimate of drug-likeness (QED) is 0.452. The Hall–Kier alpha value is -1.95. The van der Waals surface area contributed by atoms with Gasteiger partial charge < -0.3 is 15.2 Å². The molecule has 0 bridgehead atoms. The number of nitrogens with zero attached hydrogens (tertiary/aromatic N) is 3. The summed E-state index contributed by atoms with van der Waals surface area (Å²) < 4.78 is 2.19. The van der Waals surface area contributed by atoms with E-state index in [9.17, 15) is 0 Å². The van der Waals surface area contributed by atoms with Gasteiger partial charge in [-0.1, -0.05) is 26.0 Å². The summed E-state index contributed by atoms with van der Waals surface area (Å²) in [6.07, 6.45) is 6.00. The van der Waals surface area contributed by atoms with Crippen LogP contribution >= 0.6 is 11.8 Å². The SMILES string of the molecule is CN=C(NCc1ccc(C)cc1SC)NCc1nccn1CC(C)C. The molecule has 0 aliphatic rings. The maximum atomic E-state index is 4.45. The van der Waals surface area contributed by atoms with Gasteiger partial charge in [-0.2, -0.15) is 0 Å². The highest BCUT2D eigenvalue weighted by Gasteiger charge is 2.07. The number of rotatable bonds is 7. The number of hydrogen-bond acceptors (Lipinski definition) is 3. The summed E-state index contributed by atoms with van der Waals surface area (Å²) in [5.74, 6) is 2.40. The first kappa shape index (κ1) is 19.4. The fourth-order valence-corrected chi connectivity index (χ4v) is 3.33. The lowest BCUT2D eigenvalue weighted by molar-refractivity contribution is 0.503. The predicted octanol–water partition coefficient (Wildman–Crippen LogP) is 3.43. The number of nitrogens with one attached hydrogen (secondary N) is 2. The molecule has 136 valence electrons. The molecule has 25 heavy (non-hydrogen) atoms. The van der Waals surface area contributed by atoms with E-state index in [2.05, 4.69) is 70.4 Å². The van der Waals surface area contributed by atoms with Crippen molar-refractivity contribution in [1.82, 2.24) is 20.2 Å². The van der Waals surface area contributed by atoms with Crippen LogP contribution in [-0.2, 0) is 19.6 Å². The van der Waals surface area contributed by atoms with E-state index in [1.165, 1.54) is 16.0 Å². The summed E-state index contributed by atoms with van der Waals surface area (Å²) >= 11 is 1.77. The Balaban J connectivity index is 1.93. The Morgan fingerprint density at radius 3 is 2.72 bits per heavy atom. The van der Waals surface area contributed by atoms with Gasteiger partial charge in [-0.15, -0.1) is 11.8 Å². The van der Waals surface area contributed by atoms with E-state index >= 15 is 0 Å². The van der Waals surface area contributed by atoms with Gasteiger partial charge in [-0.05, 0) is 36.3 Å². The summed E-state index contributed by atoms with van der Waals surface area (Å²) in [5.41, 5.74) is 2.56.